The van der Waals surface area contributed by atoms with Gasteiger partial charge in [-0.1, -0.05) is 35.0 Å². The molecule has 1 unspecified atom stereocenters. The van der Waals surface area contributed by atoms with E-state index in [0.717, 1.165) is 0 Å². The third-order valence-electron chi connectivity index (χ3n) is 7.11. The van der Waals surface area contributed by atoms with E-state index in [9.17, 15) is 14.4 Å². The lowest BCUT2D eigenvalue weighted by Crippen LogP contribution is -2.48. The Morgan fingerprint density at radius 2 is 2.00 bits per heavy atom. The Morgan fingerprint density at radius 1 is 1.24 bits per heavy atom. The molecule has 1 aliphatic heterocycles. The second-order valence-electron chi connectivity index (χ2n) is 9.33. The molecule has 1 aromatic heterocycles. The van der Waals surface area contributed by atoms with Gasteiger partial charge < -0.3 is 4.74 Å². The number of ether oxygens (including phenoxy) is 1. The van der Waals surface area contributed by atoms with Gasteiger partial charge in [-0.15, -0.1) is 0 Å². The maximum Gasteiger partial charge on any atom is 0.249 e. The molecule has 200 valence electrons. The van der Waals surface area contributed by atoms with Crippen LogP contribution in [0.3, 0.4) is 0 Å². The fraction of sp³-hybridized carbons (Fsp3) is 0.357. The third kappa shape index (κ3) is 6.19. The number of piperidine rings is 1. The van der Waals surface area contributed by atoms with Crippen LogP contribution in [0.15, 0.2) is 42.6 Å². The highest BCUT2D eigenvalue weighted by molar-refractivity contribution is 6.32. The van der Waals surface area contributed by atoms with Gasteiger partial charge in [-0.3, -0.25) is 19.9 Å². The fourth-order valence-corrected chi connectivity index (χ4v) is 5.33. The standard InChI is InChI=1S/C28H27Cl2F2N3O3/c1-38-20-6-7-25-21(16-20)26(23(30)17-33-25)24(32)8-9-28(27(36)34-37)10-13-35(14-11-28)12-2-3-18-4-5-19(31)15-22(18)29/h4-7,15-17,24,37H,8-14H2,1H3,(H,34,36). The summed E-state index contributed by atoms with van der Waals surface area (Å²) in [5.41, 5.74) is 2.28. The van der Waals surface area contributed by atoms with E-state index in [0.29, 0.717) is 60.3 Å². The molecule has 2 N–H and O–H groups in total. The number of methoxy groups -OCH3 is 1. The molecule has 10 heteroatoms. The van der Waals surface area contributed by atoms with Crippen LogP contribution in [0.1, 0.15) is 43.0 Å². The van der Waals surface area contributed by atoms with Gasteiger partial charge in [0.05, 0.1) is 34.6 Å². The van der Waals surface area contributed by atoms with E-state index in [1.807, 2.05) is 0 Å². The van der Waals surface area contributed by atoms with Crippen LogP contribution in [0.5, 0.6) is 5.75 Å². The van der Waals surface area contributed by atoms with E-state index in [1.54, 1.807) is 23.7 Å². The molecule has 0 saturated carbocycles. The number of nitrogens with one attached hydrogen (secondary N) is 1. The molecule has 0 bridgehead atoms. The van der Waals surface area contributed by atoms with Gasteiger partial charge in [-0.2, -0.15) is 0 Å². The van der Waals surface area contributed by atoms with Gasteiger partial charge in [0.15, 0.2) is 0 Å². The minimum absolute atomic E-state index is 0.0341. The van der Waals surface area contributed by atoms with Crippen molar-refractivity contribution in [1.82, 2.24) is 15.4 Å². The first-order valence-electron chi connectivity index (χ1n) is 12.1. The molecule has 0 spiro atoms. The molecule has 2 aromatic carbocycles. The summed E-state index contributed by atoms with van der Waals surface area (Å²) in [4.78, 5) is 19.1. The number of hydrogen-bond donors (Lipinski definition) is 2. The first kappa shape index (κ1) is 28.1. The molecule has 1 fully saturated rings. The quantitative estimate of drug-likeness (QED) is 0.206. The van der Waals surface area contributed by atoms with E-state index in [-0.39, 0.29) is 22.9 Å². The molecule has 4 rings (SSSR count). The van der Waals surface area contributed by atoms with Crippen LogP contribution in [0.25, 0.3) is 10.9 Å². The maximum atomic E-state index is 15.7. The smallest absolute Gasteiger partial charge is 0.249 e. The van der Waals surface area contributed by atoms with Gasteiger partial charge in [0.2, 0.25) is 5.91 Å². The van der Waals surface area contributed by atoms with Crippen LogP contribution in [0, 0.1) is 23.1 Å². The average molecular weight is 562 g/mol. The predicted molar refractivity (Wildman–Crippen MR) is 143 cm³/mol. The van der Waals surface area contributed by atoms with E-state index < -0.39 is 23.3 Å². The molecule has 1 amide bonds. The van der Waals surface area contributed by atoms with Crippen LogP contribution in [-0.2, 0) is 4.79 Å². The van der Waals surface area contributed by atoms with Crippen molar-refractivity contribution in [2.24, 2.45) is 5.41 Å². The second kappa shape index (κ2) is 12.3. The Kier molecular flexibility index (Phi) is 9.06. The molecule has 1 saturated heterocycles. The summed E-state index contributed by atoms with van der Waals surface area (Å²) in [5.74, 6) is 5.58. The number of aromatic nitrogens is 1. The summed E-state index contributed by atoms with van der Waals surface area (Å²) in [6.45, 7) is 1.50. The number of pyridine rings is 1. The Labute approximate surface area is 229 Å². The van der Waals surface area contributed by atoms with Gasteiger partial charge in [0.25, 0.3) is 0 Å². The highest BCUT2D eigenvalue weighted by Crippen LogP contribution is 2.42. The third-order valence-corrected chi connectivity index (χ3v) is 7.72. The number of rotatable bonds is 7. The van der Waals surface area contributed by atoms with Crippen molar-refractivity contribution >= 4 is 40.0 Å². The van der Waals surface area contributed by atoms with Crippen LogP contribution < -0.4 is 10.2 Å². The number of likely N-dealkylation sites (tertiary alicyclic amines) is 1. The minimum atomic E-state index is -1.45. The molecule has 6 nitrogen and oxygen atoms in total. The minimum Gasteiger partial charge on any atom is -0.497 e. The number of benzene rings is 2. The van der Waals surface area contributed by atoms with Gasteiger partial charge in [-0.05, 0) is 62.1 Å². The highest BCUT2D eigenvalue weighted by Gasteiger charge is 2.41. The number of amides is 1. The van der Waals surface area contributed by atoms with Crippen LogP contribution in [0.4, 0.5) is 8.78 Å². The lowest BCUT2D eigenvalue weighted by molar-refractivity contribution is -0.143. The second-order valence-corrected chi connectivity index (χ2v) is 10.1. The molecular formula is C28H27Cl2F2N3O3. The maximum absolute atomic E-state index is 15.7. The number of nitrogens with zero attached hydrogens (tertiary/aromatic N) is 2. The van der Waals surface area contributed by atoms with Crippen LogP contribution >= 0.6 is 23.2 Å². The summed E-state index contributed by atoms with van der Waals surface area (Å²) in [6.07, 6.45) is 1.07. The van der Waals surface area contributed by atoms with E-state index in [1.165, 1.54) is 31.5 Å². The molecule has 1 atom stereocenters. The molecule has 0 radical (unpaired) electrons. The topological polar surface area (TPSA) is 74.7 Å². The first-order valence-corrected chi connectivity index (χ1v) is 12.9. The molecule has 1 aliphatic rings. The molecule has 3 aromatic rings. The zero-order valence-corrected chi connectivity index (χ0v) is 22.3. The Bertz CT molecular complexity index is 1380. The number of fused-ring (bicyclic) bond motifs is 1. The summed E-state index contributed by atoms with van der Waals surface area (Å²) in [6, 6.07) is 9.22. The normalized spacial score (nSPS) is 15.9. The zero-order valence-electron chi connectivity index (χ0n) is 20.7. The molecule has 38 heavy (non-hydrogen) atoms. The Balaban J connectivity index is 1.44. The van der Waals surface area contributed by atoms with E-state index in [2.05, 4.69) is 21.7 Å². The van der Waals surface area contributed by atoms with Gasteiger partial charge >= 0.3 is 0 Å². The summed E-state index contributed by atoms with van der Waals surface area (Å²) < 4.78 is 34.2. The first-order chi connectivity index (χ1) is 18.3. The fourth-order valence-electron chi connectivity index (χ4n) is 4.85. The number of carbonyl (C=O) groups excluding carboxylic acids is 1. The number of hydrogen-bond acceptors (Lipinski definition) is 5. The molecule has 2 heterocycles. The van der Waals surface area contributed by atoms with E-state index >= 15 is 4.39 Å². The largest absolute Gasteiger partial charge is 0.497 e. The summed E-state index contributed by atoms with van der Waals surface area (Å²) >= 11 is 12.4. The number of carbonyl (C=O) groups is 1. The lowest BCUT2D eigenvalue weighted by atomic mass is 9.73. The Hall–Kier alpha value is -2.96. The van der Waals surface area contributed by atoms with Crippen molar-refractivity contribution in [3.8, 4) is 17.6 Å². The molecule has 0 aliphatic carbocycles. The number of hydroxylamine groups is 1. The highest BCUT2D eigenvalue weighted by atomic mass is 35.5. The van der Waals surface area contributed by atoms with Crippen molar-refractivity contribution in [2.75, 3.05) is 26.7 Å². The van der Waals surface area contributed by atoms with Crippen molar-refractivity contribution in [2.45, 2.75) is 31.9 Å². The monoisotopic (exact) mass is 561 g/mol. The van der Waals surface area contributed by atoms with Gasteiger partial charge in [0.1, 0.15) is 17.7 Å². The van der Waals surface area contributed by atoms with Crippen molar-refractivity contribution in [1.29, 1.82) is 0 Å². The van der Waals surface area contributed by atoms with Crippen molar-refractivity contribution in [3.63, 3.8) is 0 Å². The SMILES string of the molecule is COc1ccc2ncc(Cl)c(C(F)CCC3(C(=O)NO)CCN(CC#Cc4ccc(F)cc4Cl)CC3)c2c1. The predicted octanol–water partition coefficient (Wildman–Crippen LogP) is 6.12. The average Bonchev–Trinajstić information content (AvgIpc) is 2.92. The van der Waals surface area contributed by atoms with Crippen molar-refractivity contribution in [3.05, 3.63) is 69.6 Å². The van der Waals surface area contributed by atoms with E-state index in [4.69, 9.17) is 27.9 Å². The van der Waals surface area contributed by atoms with Crippen LogP contribution in [-0.4, -0.2) is 47.7 Å². The number of halogens is 4. The van der Waals surface area contributed by atoms with Gasteiger partial charge in [-0.25, -0.2) is 14.3 Å². The van der Waals surface area contributed by atoms with Crippen LogP contribution in [0.2, 0.25) is 10.0 Å². The number of alkyl halides is 1. The molecular weight excluding hydrogens is 535 g/mol. The van der Waals surface area contributed by atoms with Gasteiger partial charge in [0, 0.05) is 35.8 Å². The summed E-state index contributed by atoms with van der Waals surface area (Å²) in [5, 5.41) is 10.4. The summed E-state index contributed by atoms with van der Waals surface area (Å²) in [7, 11) is 1.53. The Morgan fingerprint density at radius 3 is 2.68 bits per heavy atom. The lowest BCUT2D eigenvalue weighted by Gasteiger charge is -2.40. The van der Waals surface area contributed by atoms with Crippen molar-refractivity contribution < 1.29 is 23.5 Å². The zero-order chi connectivity index (χ0) is 27.3.